The van der Waals surface area contributed by atoms with Gasteiger partial charge in [-0.1, -0.05) is 18.2 Å². The van der Waals surface area contributed by atoms with E-state index in [1.54, 1.807) is 9.80 Å². The first kappa shape index (κ1) is 17.3. The average molecular weight is 365 g/mol. The number of aryl methyl sites for hydroxylation is 1. The number of piperazine rings is 1. The molecule has 0 spiro atoms. The molecule has 1 saturated heterocycles. The summed E-state index contributed by atoms with van der Waals surface area (Å²) in [5.41, 5.74) is 2.96. The lowest BCUT2D eigenvalue weighted by Gasteiger charge is -2.35. The van der Waals surface area contributed by atoms with E-state index in [2.05, 4.69) is 4.98 Å². The Labute approximate surface area is 156 Å². The third-order valence-electron chi connectivity index (χ3n) is 5.05. The van der Waals surface area contributed by atoms with Crippen molar-refractivity contribution < 1.29 is 14.0 Å². The van der Waals surface area contributed by atoms with Crippen molar-refractivity contribution in [3.8, 4) is 0 Å². The van der Waals surface area contributed by atoms with E-state index < -0.39 is 0 Å². The molecule has 0 bridgehead atoms. The second-order valence-electron chi connectivity index (χ2n) is 6.76. The summed E-state index contributed by atoms with van der Waals surface area (Å²) in [7, 11) is 0. The molecule has 0 radical (unpaired) electrons. The van der Waals surface area contributed by atoms with E-state index in [4.69, 9.17) is 0 Å². The molecular weight excluding hydrogens is 345 g/mol. The Bertz CT molecular complexity index is 1000. The number of rotatable bonds is 2. The van der Waals surface area contributed by atoms with Crippen molar-refractivity contribution >= 4 is 22.7 Å². The molecule has 27 heavy (non-hydrogen) atoms. The van der Waals surface area contributed by atoms with Crippen LogP contribution in [0.2, 0.25) is 0 Å². The van der Waals surface area contributed by atoms with E-state index in [9.17, 15) is 14.0 Å². The fourth-order valence-corrected chi connectivity index (χ4v) is 3.60. The number of para-hydroxylation sites is 1. The SMILES string of the molecule is Cc1[nH]c2ccccc2c1C(=O)N1CCN(C(=O)c2ccc(F)cc2)CC1. The van der Waals surface area contributed by atoms with Crippen LogP contribution in [0, 0.1) is 12.7 Å². The molecule has 1 aliphatic heterocycles. The van der Waals surface area contributed by atoms with Crippen molar-refractivity contribution in [2.24, 2.45) is 0 Å². The number of amides is 2. The largest absolute Gasteiger partial charge is 0.358 e. The first-order valence-electron chi connectivity index (χ1n) is 8.96. The van der Waals surface area contributed by atoms with E-state index in [1.807, 2.05) is 31.2 Å². The van der Waals surface area contributed by atoms with Crippen molar-refractivity contribution in [1.82, 2.24) is 14.8 Å². The van der Waals surface area contributed by atoms with Crippen molar-refractivity contribution in [3.05, 3.63) is 71.2 Å². The van der Waals surface area contributed by atoms with Crippen molar-refractivity contribution in [2.45, 2.75) is 6.92 Å². The number of nitrogens with zero attached hydrogens (tertiary/aromatic N) is 2. The zero-order valence-electron chi connectivity index (χ0n) is 15.0. The van der Waals surface area contributed by atoms with Crippen LogP contribution in [0.3, 0.4) is 0 Å². The van der Waals surface area contributed by atoms with Crippen LogP contribution in [0.25, 0.3) is 10.9 Å². The molecule has 1 aromatic heterocycles. The van der Waals surface area contributed by atoms with Gasteiger partial charge < -0.3 is 14.8 Å². The molecule has 2 heterocycles. The highest BCUT2D eigenvalue weighted by molar-refractivity contribution is 6.08. The van der Waals surface area contributed by atoms with Gasteiger partial charge in [-0.3, -0.25) is 9.59 Å². The van der Waals surface area contributed by atoms with Gasteiger partial charge in [0, 0.05) is 48.3 Å². The Balaban J connectivity index is 1.47. The van der Waals surface area contributed by atoms with Gasteiger partial charge in [-0.2, -0.15) is 0 Å². The predicted octanol–water partition coefficient (Wildman–Crippen LogP) is 3.21. The summed E-state index contributed by atoms with van der Waals surface area (Å²) in [4.78, 5) is 32.3. The smallest absolute Gasteiger partial charge is 0.256 e. The lowest BCUT2D eigenvalue weighted by atomic mass is 10.1. The van der Waals surface area contributed by atoms with Crippen LogP contribution in [0.15, 0.2) is 48.5 Å². The second-order valence-corrected chi connectivity index (χ2v) is 6.76. The molecule has 0 saturated carbocycles. The fourth-order valence-electron chi connectivity index (χ4n) is 3.60. The highest BCUT2D eigenvalue weighted by Crippen LogP contribution is 2.24. The quantitative estimate of drug-likeness (QED) is 0.758. The lowest BCUT2D eigenvalue weighted by Crippen LogP contribution is -2.50. The number of aromatic nitrogens is 1. The summed E-state index contributed by atoms with van der Waals surface area (Å²) in [6, 6.07) is 13.3. The lowest BCUT2D eigenvalue weighted by molar-refractivity contribution is 0.0536. The van der Waals surface area contributed by atoms with Crippen LogP contribution in [0.5, 0.6) is 0 Å². The van der Waals surface area contributed by atoms with Crippen LogP contribution < -0.4 is 0 Å². The van der Waals surface area contributed by atoms with E-state index in [1.165, 1.54) is 24.3 Å². The highest BCUT2D eigenvalue weighted by Gasteiger charge is 2.27. The molecule has 2 amide bonds. The Morgan fingerprint density at radius 3 is 2.15 bits per heavy atom. The van der Waals surface area contributed by atoms with Crippen LogP contribution in [-0.2, 0) is 0 Å². The van der Waals surface area contributed by atoms with Gasteiger partial charge in [-0.15, -0.1) is 0 Å². The van der Waals surface area contributed by atoms with Gasteiger partial charge in [-0.05, 0) is 37.3 Å². The molecule has 6 heteroatoms. The molecular formula is C21H20FN3O2. The van der Waals surface area contributed by atoms with E-state index in [0.29, 0.717) is 37.3 Å². The summed E-state index contributed by atoms with van der Waals surface area (Å²) in [6.07, 6.45) is 0. The van der Waals surface area contributed by atoms with Crippen LogP contribution >= 0.6 is 0 Å². The number of aromatic amines is 1. The van der Waals surface area contributed by atoms with Crippen LogP contribution in [0.4, 0.5) is 4.39 Å². The Hall–Kier alpha value is -3.15. The second kappa shape index (κ2) is 6.87. The maximum absolute atomic E-state index is 13.0. The molecule has 0 unspecified atom stereocenters. The molecule has 5 nitrogen and oxygen atoms in total. The van der Waals surface area contributed by atoms with Gasteiger partial charge >= 0.3 is 0 Å². The molecule has 4 rings (SSSR count). The summed E-state index contributed by atoms with van der Waals surface area (Å²) < 4.78 is 13.0. The van der Waals surface area contributed by atoms with Gasteiger partial charge in [0.15, 0.2) is 0 Å². The first-order chi connectivity index (χ1) is 13.0. The summed E-state index contributed by atoms with van der Waals surface area (Å²) in [6.45, 7) is 3.78. The third kappa shape index (κ3) is 3.18. The number of halogens is 1. The number of benzene rings is 2. The molecule has 0 atom stereocenters. The van der Waals surface area contributed by atoms with Crippen LogP contribution in [-0.4, -0.2) is 52.8 Å². The zero-order chi connectivity index (χ0) is 19.0. The third-order valence-corrected chi connectivity index (χ3v) is 5.05. The maximum Gasteiger partial charge on any atom is 0.256 e. The summed E-state index contributed by atoms with van der Waals surface area (Å²) in [5.74, 6) is -0.514. The van der Waals surface area contributed by atoms with Crippen molar-refractivity contribution in [1.29, 1.82) is 0 Å². The van der Waals surface area contributed by atoms with E-state index in [-0.39, 0.29) is 17.6 Å². The average Bonchev–Trinajstić information content (AvgIpc) is 3.03. The van der Waals surface area contributed by atoms with Gasteiger partial charge in [0.25, 0.3) is 11.8 Å². The van der Waals surface area contributed by atoms with Crippen LogP contribution in [0.1, 0.15) is 26.4 Å². The predicted molar refractivity (Wildman–Crippen MR) is 101 cm³/mol. The summed E-state index contributed by atoms with van der Waals surface area (Å²) in [5, 5.41) is 0.921. The van der Waals surface area contributed by atoms with Gasteiger partial charge in [0.1, 0.15) is 5.82 Å². The number of carbonyl (C=O) groups excluding carboxylic acids is 2. The Morgan fingerprint density at radius 1 is 0.889 bits per heavy atom. The topological polar surface area (TPSA) is 56.4 Å². The number of H-pyrrole nitrogens is 1. The molecule has 1 N–H and O–H groups in total. The molecule has 0 aliphatic carbocycles. The number of hydrogen-bond acceptors (Lipinski definition) is 2. The molecule has 138 valence electrons. The van der Waals surface area contributed by atoms with E-state index in [0.717, 1.165) is 16.6 Å². The van der Waals surface area contributed by atoms with E-state index >= 15 is 0 Å². The highest BCUT2D eigenvalue weighted by atomic mass is 19.1. The number of fused-ring (bicyclic) bond motifs is 1. The zero-order valence-corrected chi connectivity index (χ0v) is 15.0. The summed E-state index contributed by atoms with van der Waals surface area (Å²) >= 11 is 0. The fraction of sp³-hybridized carbons (Fsp3) is 0.238. The maximum atomic E-state index is 13.0. The standard InChI is InChI=1S/C21H20FN3O2/c1-14-19(17-4-2-3-5-18(17)23-14)21(27)25-12-10-24(11-13-25)20(26)15-6-8-16(22)9-7-15/h2-9,23H,10-13H2,1H3. The monoisotopic (exact) mass is 365 g/mol. The molecule has 3 aromatic rings. The normalized spacial score (nSPS) is 14.6. The minimum atomic E-state index is -0.365. The minimum Gasteiger partial charge on any atom is -0.358 e. The first-order valence-corrected chi connectivity index (χ1v) is 8.96. The molecule has 2 aromatic carbocycles. The minimum absolute atomic E-state index is 0.0150. The Morgan fingerprint density at radius 2 is 1.48 bits per heavy atom. The number of hydrogen-bond donors (Lipinski definition) is 1. The molecule has 1 aliphatic rings. The van der Waals surface area contributed by atoms with Crippen molar-refractivity contribution in [3.63, 3.8) is 0 Å². The van der Waals surface area contributed by atoms with Gasteiger partial charge in [0.05, 0.1) is 5.56 Å². The van der Waals surface area contributed by atoms with Crippen molar-refractivity contribution in [2.75, 3.05) is 26.2 Å². The number of nitrogens with one attached hydrogen (secondary N) is 1. The van der Waals surface area contributed by atoms with Gasteiger partial charge in [-0.25, -0.2) is 4.39 Å². The van der Waals surface area contributed by atoms with Gasteiger partial charge in [0.2, 0.25) is 0 Å². The number of carbonyl (C=O) groups is 2. The molecule has 1 fully saturated rings. The Kier molecular flexibility index (Phi) is 4.39.